The molecule has 0 saturated carbocycles. The third kappa shape index (κ3) is 3.27. The molecular formula is C28H19N3O2S. The summed E-state index contributed by atoms with van der Waals surface area (Å²) in [5, 5.41) is 1.76. The molecule has 3 aromatic carbocycles. The first-order valence-corrected chi connectivity index (χ1v) is 12.3. The zero-order valence-electron chi connectivity index (χ0n) is 18.0. The Kier molecular flexibility index (Phi) is 4.74. The van der Waals surface area contributed by atoms with Gasteiger partial charge in [-0.1, -0.05) is 66.7 Å². The van der Waals surface area contributed by atoms with Crippen molar-refractivity contribution < 1.29 is 8.42 Å². The summed E-state index contributed by atoms with van der Waals surface area (Å²) in [6, 6.07) is 32.2. The summed E-state index contributed by atoms with van der Waals surface area (Å²) < 4.78 is 28.2. The fourth-order valence-corrected chi connectivity index (χ4v) is 5.64. The summed E-state index contributed by atoms with van der Waals surface area (Å²) in [5.41, 5.74) is 4.73. The molecule has 6 rings (SSSR count). The van der Waals surface area contributed by atoms with Crippen LogP contribution in [-0.2, 0) is 10.0 Å². The number of rotatable bonds is 4. The number of para-hydroxylation sites is 1. The molecule has 0 saturated heterocycles. The maximum atomic E-state index is 13.5. The van der Waals surface area contributed by atoms with E-state index in [0.29, 0.717) is 16.9 Å². The number of nitrogens with zero attached hydrogens (tertiary/aromatic N) is 3. The Balaban J connectivity index is 1.64. The fraction of sp³-hybridized carbons (Fsp3) is 0. The Morgan fingerprint density at radius 3 is 2.15 bits per heavy atom. The quantitative estimate of drug-likeness (QED) is 0.316. The lowest BCUT2D eigenvalue weighted by molar-refractivity contribution is 0.589. The highest BCUT2D eigenvalue weighted by atomic mass is 32.2. The van der Waals surface area contributed by atoms with E-state index >= 15 is 0 Å². The van der Waals surface area contributed by atoms with E-state index in [1.807, 2.05) is 54.6 Å². The van der Waals surface area contributed by atoms with Gasteiger partial charge in [-0.3, -0.25) is 0 Å². The normalized spacial score (nSPS) is 11.8. The molecule has 5 nitrogen and oxygen atoms in total. The van der Waals surface area contributed by atoms with Gasteiger partial charge in [-0.2, -0.15) is 0 Å². The van der Waals surface area contributed by atoms with Crippen molar-refractivity contribution in [1.82, 2.24) is 13.9 Å². The summed E-state index contributed by atoms with van der Waals surface area (Å²) in [5.74, 6) is 0. The lowest BCUT2D eigenvalue weighted by atomic mass is 9.98. The average molecular weight is 462 g/mol. The summed E-state index contributed by atoms with van der Waals surface area (Å²) in [4.78, 5) is 9.54. The molecule has 0 amide bonds. The average Bonchev–Trinajstić information content (AvgIpc) is 3.30. The summed E-state index contributed by atoms with van der Waals surface area (Å²) >= 11 is 0. The lowest BCUT2D eigenvalue weighted by Crippen LogP contribution is -2.12. The molecule has 34 heavy (non-hydrogen) atoms. The molecule has 164 valence electrons. The van der Waals surface area contributed by atoms with E-state index in [4.69, 9.17) is 4.98 Å². The van der Waals surface area contributed by atoms with Gasteiger partial charge in [-0.15, -0.1) is 0 Å². The number of fused-ring (bicyclic) bond motifs is 2. The molecule has 0 aliphatic rings. The summed E-state index contributed by atoms with van der Waals surface area (Å²) in [6.07, 6.45) is 3.23. The predicted molar refractivity (Wildman–Crippen MR) is 135 cm³/mol. The highest BCUT2D eigenvalue weighted by molar-refractivity contribution is 7.90. The van der Waals surface area contributed by atoms with E-state index in [9.17, 15) is 8.42 Å². The van der Waals surface area contributed by atoms with E-state index in [1.165, 1.54) is 3.97 Å². The standard InChI is InChI=1S/C28H19N3O2S/c32-34(33,21-12-5-2-6-13-21)31-19-25(23-15-9-17-29-28(23)31)27-18-24(20-10-3-1-4-11-20)22-14-7-8-16-26(22)30-27/h1-19H. The van der Waals surface area contributed by atoms with Crippen LogP contribution in [0.15, 0.2) is 120 Å². The van der Waals surface area contributed by atoms with Crippen molar-refractivity contribution in [3.8, 4) is 22.4 Å². The summed E-state index contributed by atoms with van der Waals surface area (Å²) in [6.45, 7) is 0. The van der Waals surface area contributed by atoms with Crippen LogP contribution >= 0.6 is 0 Å². The van der Waals surface area contributed by atoms with Gasteiger partial charge in [-0.05, 0) is 47.5 Å². The molecule has 6 heteroatoms. The van der Waals surface area contributed by atoms with Crippen molar-refractivity contribution >= 4 is 32.0 Å². The molecule has 0 atom stereocenters. The lowest BCUT2D eigenvalue weighted by Gasteiger charge is -2.10. The van der Waals surface area contributed by atoms with Gasteiger partial charge in [0.1, 0.15) is 0 Å². The van der Waals surface area contributed by atoms with E-state index in [0.717, 1.165) is 27.4 Å². The molecule has 0 radical (unpaired) electrons. The first-order chi connectivity index (χ1) is 16.6. The van der Waals surface area contributed by atoms with Crippen LogP contribution in [0.3, 0.4) is 0 Å². The van der Waals surface area contributed by atoms with E-state index in [2.05, 4.69) is 23.2 Å². The molecule has 0 aliphatic carbocycles. The molecule has 0 spiro atoms. The van der Waals surface area contributed by atoms with Crippen LogP contribution in [0.2, 0.25) is 0 Å². The van der Waals surface area contributed by atoms with Gasteiger partial charge in [0.15, 0.2) is 5.65 Å². The zero-order chi connectivity index (χ0) is 23.1. The molecule has 6 aromatic rings. The van der Waals surface area contributed by atoms with Crippen LogP contribution in [0.25, 0.3) is 44.3 Å². The minimum atomic E-state index is -3.83. The monoisotopic (exact) mass is 461 g/mol. The first kappa shape index (κ1) is 20.3. The van der Waals surface area contributed by atoms with Gasteiger partial charge in [-0.25, -0.2) is 22.4 Å². The van der Waals surface area contributed by atoms with Gasteiger partial charge in [0.05, 0.1) is 16.1 Å². The van der Waals surface area contributed by atoms with Crippen LogP contribution in [0.1, 0.15) is 0 Å². The second-order valence-electron chi connectivity index (χ2n) is 7.97. The number of benzene rings is 3. The Labute approximate surface area is 197 Å². The Bertz CT molecular complexity index is 1760. The van der Waals surface area contributed by atoms with Gasteiger partial charge in [0.25, 0.3) is 10.0 Å². The molecule has 0 N–H and O–H groups in total. The molecular weight excluding hydrogens is 442 g/mol. The second kappa shape index (κ2) is 7.93. The van der Waals surface area contributed by atoms with Crippen molar-refractivity contribution in [2.45, 2.75) is 4.90 Å². The van der Waals surface area contributed by atoms with Crippen LogP contribution in [0.5, 0.6) is 0 Å². The van der Waals surface area contributed by atoms with Gasteiger partial charge in [0.2, 0.25) is 0 Å². The topological polar surface area (TPSA) is 64.8 Å². The second-order valence-corrected chi connectivity index (χ2v) is 9.78. The first-order valence-electron chi connectivity index (χ1n) is 10.9. The van der Waals surface area contributed by atoms with Crippen LogP contribution in [0, 0.1) is 0 Å². The molecule has 0 unspecified atom stereocenters. The third-order valence-electron chi connectivity index (χ3n) is 5.91. The SMILES string of the molecule is O=S(=O)(c1ccccc1)n1cc(-c2cc(-c3ccccc3)c3ccccc3n2)c2cccnc21. The molecule has 0 fully saturated rings. The van der Waals surface area contributed by atoms with Crippen molar-refractivity contribution in [1.29, 1.82) is 0 Å². The van der Waals surface area contributed by atoms with Crippen LogP contribution in [-0.4, -0.2) is 22.4 Å². The van der Waals surface area contributed by atoms with Crippen molar-refractivity contribution in [2.24, 2.45) is 0 Å². The fourth-order valence-electron chi connectivity index (χ4n) is 4.29. The van der Waals surface area contributed by atoms with Crippen LogP contribution < -0.4 is 0 Å². The van der Waals surface area contributed by atoms with Crippen molar-refractivity contribution in [3.63, 3.8) is 0 Å². The Hall–Kier alpha value is -4.29. The molecule has 0 aliphatic heterocycles. The van der Waals surface area contributed by atoms with E-state index in [1.54, 1.807) is 42.7 Å². The summed E-state index contributed by atoms with van der Waals surface area (Å²) in [7, 11) is -3.83. The zero-order valence-corrected chi connectivity index (χ0v) is 18.9. The van der Waals surface area contributed by atoms with Crippen molar-refractivity contribution in [3.05, 3.63) is 116 Å². The van der Waals surface area contributed by atoms with Crippen LogP contribution in [0.4, 0.5) is 0 Å². The highest BCUT2D eigenvalue weighted by Crippen LogP contribution is 2.36. The number of pyridine rings is 2. The van der Waals surface area contributed by atoms with Gasteiger partial charge < -0.3 is 0 Å². The smallest absolute Gasteiger partial charge is 0.248 e. The molecule has 3 heterocycles. The third-order valence-corrected chi connectivity index (χ3v) is 7.57. The Morgan fingerprint density at radius 2 is 1.35 bits per heavy atom. The largest absolute Gasteiger partial charge is 0.269 e. The maximum Gasteiger partial charge on any atom is 0.269 e. The van der Waals surface area contributed by atoms with Gasteiger partial charge >= 0.3 is 0 Å². The predicted octanol–water partition coefficient (Wildman–Crippen LogP) is 6.16. The minimum Gasteiger partial charge on any atom is -0.248 e. The Morgan fingerprint density at radius 1 is 0.676 bits per heavy atom. The number of aromatic nitrogens is 3. The van der Waals surface area contributed by atoms with Gasteiger partial charge in [0, 0.05) is 28.7 Å². The molecule has 3 aromatic heterocycles. The maximum absolute atomic E-state index is 13.5. The number of hydrogen-bond donors (Lipinski definition) is 0. The number of hydrogen-bond acceptors (Lipinski definition) is 4. The highest BCUT2D eigenvalue weighted by Gasteiger charge is 2.23. The molecule has 0 bridgehead atoms. The van der Waals surface area contributed by atoms with E-state index in [-0.39, 0.29) is 4.90 Å². The van der Waals surface area contributed by atoms with E-state index < -0.39 is 10.0 Å². The minimum absolute atomic E-state index is 0.209. The van der Waals surface area contributed by atoms with Crippen molar-refractivity contribution in [2.75, 3.05) is 0 Å².